The smallest absolute Gasteiger partial charge is 0.251 e. The molecule has 1 rings (SSSR count). The van der Waals surface area contributed by atoms with Crippen LogP contribution in [0.2, 0.25) is 0 Å². The van der Waals surface area contributed by atoms with Crippen LogP contribution in [0.3, 0.4) is 0 Å². The lowest BCUT2D eigenvalue weighted by molar-refractivity contribution is 0.0956. The first-order valence-corrected chi connectivity index (χ1v) is 6.40. The summed E-state index contributed by atoms with van der Waals surface area (Å²) in [6.45, 7) is 3.39. The topological polar surface area (TPSA) is 58.6 Å². The van der Waals surface area contributed by atoms with Crippen LogP contribution >= 0.6 is 0 Å². The molecular weight excluding hydrogens is 230 g/mol. The molecule has 0 unspecified atom stereocenters. The predicted octanol–water partition coefficient (Wildman–Crippen LogP) is 1.98. The predicted molar refractivity (Wildman–Crippen MR) is 70.9 cm³/mol. The van der Waals surface area contributed by atoms with Gasteiger partial charge in [0.2, 0.25) is 0 Å². The van der Waals surface area contributed by atoms with Gasteiger partial charge in [-0.25, -0.2) is 0 Å². The van der Waals surface area contributed by atoms with Crippen molar-refractivity contribution in [2.24, 2.45) is 0 Å². The fraction of sp³-hybridized carbons (Fsp3) is 0.500. The van der Waals surface area contributed by atoms with Crippen molar-refractivity contribution in [1.29, 1.82) is 0 Å². The van der Waals surface area contributed by atoms with E-state index >= 15 is 0 Å². The highest BCUT2D eigenvalue weighted by atomic mass is 16.5. The average molecular weight is 251 g/mol. The normalized spacial score (nSPS) is 10.1. The van der Waals surface area contributed by atoms with Gasteiger partial charge in [0.15, 0.2) is 0 Å². The number of ether oxygens (including phenoxy) is 1. The van der Waals surface area contributed by atoms with E-state index in [-0.39, 0.29) is 12.5 Å². The van der Waals surface area contributed by atoms with Gasteiger partial charge in [0, 0.05) is 18.7 Å². The first-order valence-electron chi connectivity index (χ1n) is 6.40. The lowest BCUT2D eigenvalue weighted by atomic mass is 10.2. The van der Waals surface area contributed by atoms with Crippen LogP contribution in [0.25, 0.3) is 0 Å². The van der Waals surface area contributed by atoms with Crippen LogP contribution < -0.4 is 10.1 Å². The quantitative estimate of drug-likeness (QED) is 0.695. The molecule has 0 fully saturated rings. The summed E-state index contributed by atoms with van der Waals surface area (Å²) in [5.41, 5.74) is 0.643. The van der Waals surface area contributed by atoms with Crippen molar-refractivity contribution in [2.45, 2.75) is 26.2 Å². The second-order valence-electron chi connectivity index (χ2n) is 4.02. The van der Waals surface area contributed by atoms with Crippen molar-refractivity contribution in [1.82, 2.24) is 5.32 Å². The minimum atomic E-state index is -0.0630. The Morgan fingerprint density at radius 3 is 2.56 bits per heavy atom. The van der Waals surface area contributed by atoms with E-state index in [1.54, 1.807) is 24.3 Å². The SMILES string of the molecule is CCNC(=O)c1ccc(OCCCCCO)cc1. The number of hydrogen-bond acceptors (Lipinski definition) is 3. The largest absolute Gasteiger partial charge is 0.494 e. The van der Waals surface area contributed by atoms with Crippen molar-refractivity contribution in [3.63, 3.8) is 0 Å². The summed E-state index contributed by atoms with van der Waals surface area (Å²) in [5, 5.41) is 11.4. The third-order valence-corrected chi connectivity index (χ3v) is 2.53. The molecule has 0 heterocycles. The number of carbonyl (C=O) groups is 1. The molecule has 1 aromatic rings. The molecular formula is C14H21NO3. The summed E-state index contributed by atoms with van der Waals surface area (Å²) in [7, 11) is 0. The molecule has 100 valence electrons. The molecule has 0 aliphatic carbocycles. The highest BCUT2D eigenvalue weighted by Crippen LogP contribution is 2.12. The van der Waals surface area contributed by atoms with Gasteiger partial charge in [0.25, 0.3) is 5.91 Å². The van der Waals surface area contributed by atoms with Crippen molar-refractivity contribution in [2.75, 3.05) is 19.8 Å². The van der Waals surface area contributed by atoms with E-state index in [4.69, 9.17) is 9.84 Å². The first kappa shape index (κ1) is 14.5. The third kappa shape index (κ3) is 5.19. The van der Waals surface area contributed by atoms with E-state index in [9.17, 15) is 4.79 Å². The van der Waals surface area contributed by atoms with Gasteiger partial charge in [-0.05, 0) is 50.5 Å². The molecule has 0 aromatic heterocycles. The van der Waals surface area contributed by atoms with Crippen LogP contribution in [0.15, 0.2) is 24.3 Å². The molecule has 0 saturated carbocycles. The Bertz CT molecular complexity index is 349. The monoisotopic (exact) mass is 251 g/mol. The standard InChI is InChI=1S/C14H21NO3/c1-2-15-14(17)12-6-8-13(9-7-12)18-11-5-3-4-10-16/h6-9,16H,2-5,10-11H2,1H3,(H,15,17). The summed E-state index contributed by atoms with van der Waals surface area (Å²) < 4.78 is 5.53. The van der Waals surface area contributed by atoms with Crippen molar-refractivity contribution >= 4 is 5.91 Å². The number of benzene rings is 1. The van der Waals surface area contributed by atoms with Crippen molar-refractivity contribution < 1.29 is 14.6 Å². The molecule has 0 bridgehead atoms. The van der Waals surface area contributed by atoms with E-state index in [1.165, 1.54) is 0 Å². The van der Waals surface area contributed by atoms with Gasteiger partial charge in [-0.2, -0.15) is 0 Å². The van der Waals surface area contributed by atoms with Gasteiger partial charge in [0.1, 0.15) is 5.75 Å². The zero-order chi connectivity index (χ0) is 13.2. The zero-order valence-electron chi connectivity index (χ0n) is 10.8. The van der Waals surface area contributed by atoms with Crippen LogP contribution in [0.5, 0.6) is 5.75 Å². The fourth-order valence-electron chi connectivity index (χ4n) is 1.55. The summed E-state index contributed by atoms with van der Waals surface area (Å²) >= 11 is 0. The van der Waals surface area contributed by atoms with Crippen LogP contribution in [0.1, 0.15) is 36.5 Å². The Morgan fingerprint density at radius 1 is 1.22 bits per heavy atom. The van der Waals surface area contributed by atoms with Gasteiger partial charge in [-0.3, -0.25) is 4.79 Å². The lowest BCUT2D eigenvalue weighted by Gasteiger charge is -2.07. The number of aliphatic hydroxyl groups excluding tert-OH is 1. The molecule has 1 aromatic carbocycles. The van der Waals surface area contributed by atoms with Gasteiger partial charge >= 0.3 is 0 Å². The van der Waals surface area contributed by atoms with Crippen LogP contribution in [-0.4, -0.2) is 30.8 Å². The summed E-state index contributed by atoms with van der Waals surface area (Å²) in [5.74, 6) is 0.707. The molecule has 1 amide bonds. The number of amides is 1. The molecule has 0 radical (unpaired) electrons. The second-order valence-corrected chi connectivity index (χ2v) is 4.02. The average Bonchev–Trinajstić information content (AvgIpc) is 2.39. The number of rotatable bonds is 8. The van der Waals surface area contributed by atoms with Gasteiger partial charge in [-0.1, -0.05) is 0 Å². The van der Waals surface area contributed by atoms with E-state index in [2.05, 4.69) is 5.32 Å². The van der Waals surface area contributed by atoms with Crippen molar-refractivity contribution in [3.8, 4) is 5.75 Å². The van der Waals surface area contributed by atoms with E-state index in [0.717, 1.165) is 25.0 Å². The van der Waals surface area contributed by atoms with E-state index in [1.807, 2.05) is 6.92 Å². The molecule has 18 heavy (non-hydrogen) atoms. The summed E-state index contributed by atoms with van der Waals surface area (Å²) in [4.78, 5) is 11.5. The van der Waals surface area contributed by atoms with Crippen LogP contribution in [0, 0.1) is 0 Å². The Hall–Kier alpha value is -1.55. The van der Waals surface area contributed by atoms with Gasteiger partial charge < -0.3 is 15.2 Å². The highest BCUT2D eigenvalue weighted by Gasteiger charge is 2.03. The van der Waals surface area contributed by atoms with E-state index in [0.29, 0.717) is 18.7 Å². The fourth-order valence-corrected chi connectivity index (χ4v) is 1.55. The summed E-state index contributed by atoms with van der Waals surface area (Å²) in [6, 6.07) is 7.12. The number of hydrogen-bond donors (Lipinski definition) is 2. The number of carbonyl (C=O) groups excluding carboxylic acids is 1. The molecule has 0 aliphatic heterocycles. The summed E-state index contributed by atoms with van der Waals surface area (Å²) in [6.07, 6.45) is 2.71. The minimum absolute atomic E-state index is 0.0630. The Morgan fingerprint density at radius 2 is 1.94 bits per heavy atom. The Balaban J connectivity index is 2.33. The zero-order valence-corrected chi connectivity index (χ0v) is 10.8. The molecule has 4 heteroatoms. The first-order chi connectivity index (χ1) is 8.77. The molecule has 0 aliphatic rings. The number of nitrogens with one attached hydrogen (secondary N) is 1. The number of unbranched alkanes of at least 4 members (excludes halogenated alkanes) is 2. The maximum Gasteiger partial charge on any atom is 0.251 e. The maximum absolute atomic E-state index is 11.5. The lowest BCUT2D eigenvalue weighted by Crippen LogP contribution is -2.22. The molecule has 2 N–H and O–H groups in total. The molecule has 0 saturated heterocycles. The van der Waals surface area contributed by atoms with Crippen LogP contribution in [0.4, 0.5) is 0 Å². The third-order valence-electron chi connectivity index (χ3n) is 2.53. The van der Waals surface area contributed by atoms with Gasteiger partial charge in [-0.15, -0.1) is 0 Å². The van der Waals surface area contributed by atoms with Crippen molar-refractivity contribution in [3.05, 3.63) is 29.8 Å². The Labute approximate surface area is 108 Å². The minimum Gasteiger partial charge on any atom is -0.494 e. The van der Waals surface area contributed by atoms with Gasteiger partial charge in [0.05, 0.1) is 6.61 Å². The second kappa shape index (κ2) is 8.53. The highest BCUT2D eigenvalue weighted by molar-refractivity contribution is 5.94. The number of aliphatic hydroxyl groups is 1. The molecule has 4 nitrogen and oxygen atoms in total. The van der Waals surface area contributed by atoms with E-state index < -0.39 is 0 Å². The van der Waals surface area contributed by atoms with Crippen LogP contribution in [-0.2, 0) is 0 Å². The maximum atomic E-state index is 11.5. The molecule has 0 spiro atoms. The molecule has 0 atom stereocenters. The Kier molecular flexibility index (Phi) is 6.87.